The second-order valence-corrected chi connectivity index (χ2v) is 8.27. The summed E-state index contributed by atoms with van der Waals surface area (Å²) in [6, 6.07) is 15.9. The number of hydrogen-bond acceptors (Lipinski definition) is 6. The Morgan fingerprint density at radius 1 is 0.971 bits per heavy atom. The quantitative estimate of drug-likeness (QED) is 0.282. The lowest BCUT2D eigenvalue weighted by molar-refractivity contribution is -0.205. The Morgan fingerprint density at radius 2 is 1.65 bits per heavy atom. The molecular formula is C25H31F3N2O4. The molecule has 6 nitrogen and oxygen atoms in total. The molecular weight excluding hydrogens is 449 g/mol. The number of piperidine rings is 1. The highest BCUT2D eigenvalue weighted by Gasteiger charge is 2.42. The van der Waals surface area contributed by atoms with E-state index >= 15 is 0 Å². The van der Waals surface area contributed by atoms with Crippen molar-refractivity contribution < 1.29 is 32.2 Å². The van der Waals surface area contributed by atoms with Crippen LogP contribution in [0.4, 0.5) is 13.2 Å². The third kappa shape index (κ3) is 8.53. The Hall–Kier alpha value is -2.78. The van der Waals surface area contributed by atoms with Crippen LogP contribution in [0.15, 0.2) is 54.6 Å². The van der Waals surface area contributed by atoms with Crippen LogP contribution in [0.1, 0.15) is 43.8 Å². The minimum Gasteiger partial charge on any atom is -0.494 e. The molecule has 34 heavy (non-hydrogen) atoms. The van der Waals surface area contributed by atoms with Gasteiger partial charge in [0.2, 0.25) is 0 Å². The van der Waals surface area contributed by atoms with Crippen LogP contribution in [0.3, 0.4) is 0 Å². The van der Waals surface area contributed by atoms with Crippen LogP contribution >= 0.6 is 0 Å². The molecule has 0 amide bonds. The van der Waals surface area contributed by atoms with Crippen molar-refractivity contribution >= 4 is 5.97 Å². The normalized spacial score (nSPS) is 16.5. The van der Waals surface area contributed by atoms with Gasteiger partial charge < -0.3 is 19.1 Å². The largest absolute Gasteiger partial charge is 0.494 e. The summed E-state index contributed by atoms with van der Waals surface area (Å²) < 4.78 is 53.7. The standard InChI is InChI=1S/C25H31F3N2O4/c26-25(27,28)24(31)34-23(29)18-22(33-21-8-3-1-4-9-21)19-10-12-20(13-11-19)32-17-7-16-30-14-5-2-6-15-30/h1,3-4,8-13,22-23H,2,5-7,14-18,29H2. The van der Waals surface area contributed by atoms with E-state index in [2.05, 4.69) is 9.64 Å². The molecule has 2 aromatic carbocycles. The van der Waals surface area contributed by atoms with Crippen LogP contribution in [0, 0.1) is 0 Å². The fourth-order valence-corrected chi connectivity index (χ4v) is 3.82. The molecule has 1 fully saturated rings. The topological polar surface area (TPSA) is 74.0 Å². The first-order chi connectivity index (χ1) is 16.3. The molecule has 1 saturated heterocycles. The zero-order valence-electron chi connectivity index (χ0n) is 19.0. The number of esters is 1. The molecule has 0 bridgehead atoms. The van der Waals surface area contributed by atoms with Crippen LogP contribution in [0.5, 0.6) is 11.5 Å². The summed E-state index contributed by atoms with van der Waals surface area (Å²) in [4.78, 5) is 13.6. The summed E-state index contributed by atoms with van der Waals surface area (Å²) in [6.07, 6.45) is -2.74. The maximum atomic E-state index is 12.5. The Labute approximate surface area is 197 Å². The Kier molecular flexibility index (Phi) is 9.59. The second kappa shape index (κ2) is 12.6. The zero-order chi connectivity index (χ0) is 24.4. The molecule has 0 aliphatic carbocycles. The molecule has 2 unspecified atom stereocenters. The lowest BCUT2D eigenvalue weighted by atomic mass is 10.1. The molecule has 9 heteroatoms. The SMILES string of the molecule is NC(CC(Oc1ccccc1)c1ccc(OCCCN2CCCCC2)cc1)OC(=O)C(F)(F)F. The number of carbonyl (C=O) groups is 1. The average Bonchev–Trinajstić information content (AvgIpc) is 2.82. The van der Waals surface area contributed by atoms with E-state index in [1.165, 1.54) is 19.3 Å². The molecule has 3 rings (SSSR count). The maximum Gasteiger partial charge on any atom is 0.490 e. The number of nitrogens with zero attached hydrogens (tertiary/aromatic N) is 1. The fourth-order valence-electron chi connectivity index (χ4n) is 3.82. The summed E-state index contributed by atoms with van der Waals surface area (Å²) >= 11 is 0. The van der Waals surface area contributed by atoms with E-state index in [4.69, 9.17) is 15.2 Å². The first-order valence-corrected chi connectivity index (χ1v) is 11.5. The smallest absolute Gasteiger partial charge is 0.490 e. The van der Waals surface area contributed by atoms with Gasteiger partial charge in [0.1, 0.15) is 17.6 Å². The molecule has 1 aliphatic rings. The zero-order valence-corrected chi connectivity index (χ0v) is 19.0. The number of carbonyl (C=O) groups excluding carboxylic acids is 1. The van der Waals surface area contributed by atoms with E-state index in [0.29, 0.717) is 23.7 Å². The molecule has 1 heterocycles. The van der Waals surface area contributed by atoms with Crippen molar-refractivity contribution in [2.24, 2.45) is 5.73 Å². The summed E-state index contributed by atoms with van der Waals surface area (Å²) in [5.74, 6) is -1.12. The summed E-state index contributed by atoms with van der Waals surface area (Å²) in [5, 5.41) is 0. The van der Waals surface area contributed by atoms with Gasteiger partial charge in [-0.15, -0.1) is 0 Å². The highest BCUT2D eigenvalue weighted by molar-refractivity contribution is 5.75. The van der Waals surface area contributed by atoms with Gasteiger partial charge in [0, 0.05) is 13.0 Å². The summed E-state index contributed by atoms with van der Waals surface area (Å²) in [7, 11) is 0. The highest BCUT2D eigenvalue weighted by Crippen LogP contribution is 2.28. The molecule has 2 atom stereocenters. The lowest BCUT2D eigenvalue weighted by Crippen LogP contribution is -2.36. The first kappa shape index (κ1) is 25.8. The van der Waals surface area contributed by atoms with Crippen molar-refractivity contribution in [2.45, 2.75) is 50.6 Å². The fraction of sp³-hybridized carbons (Fsp3) is 0.480. The number of ether oxygens (including phenoxy) is 3. The Bertz CT molecular complexity index is 872. The molecule has 1 aliphatic heterocycles. The predicted octanol–water partition coefficient (Wildman–Crippen LogP) is 4.84. The molecule has 0 saturated carbocycles. The number of alkyl halides is 3. The average molecular weight is 481 g/mol. The minimum atomic E-state index is -5.11. The second-order valence-electron chi connectivity index (χ2n) is 8.27. The van der Waals surface area contributed by atoms with Crippen LogP contribution in [-0.2, 0) is 9.53 Å². The highest BCUT2D eigenvalue weighted by atomic mass is 19.4. The summed E-state index contributed by atoms with van der Waals surface area (Å²) in [5.41, 5.74) is 6.35. The van der Waals surface area contributed by atoms with Crippen molar-refractivity contribution in [2.75, 3.05) is 26.2 Å². The first-order valence-electron chi connectivity index (χ1n) is 11.5. The van der Waals surface area contributed by atoms with Crippen LogP contribution in [0.25, 0.3) is 0 Å². The van der Waals surface area contributed by atoms with E-state index in [1.807, 2.05) is 6.07 Å². The van der Waals surface area contributed by atoms with Crippen LogP contribution in [-0.4, -0.2) is 49.5 Å². The number of nitrogens with two attached hydrogens (primary N) is 1. The number of rotatable bonds is 11. The van der Waals surface area contributed by atoms with Crippen LogP contribution < -0.4 is 15.2 Å². The van der Waals surface area contributed by atoms with Gasteiger partial charge in [-0.25, -0.2) is 4.79 Å². The third-order valence-corrected chi connectivity index (χ3v) is 5.55. The molecule has 186 valence electrons. The van der Waals surface area contributed by atoms with Gasteiger partial charge in [-0.1, -0.05) is 36.8 Å². The number of benzene rings is 2. The molecule has 0 radical (unpaired) electrons. The third-order valence-electron chi connectivity index (χ3n) is 5.55. The van der Waals surface area contributed by atoms with E-state index in [-0.39, 0.29) is 6.42 Å². The monoisotopic (exact) mass is 480 g/mol. The van der Waals surface area contributed by atoms with Crippen molar-refractivity contribution in [1.82, 2.24) is 4.90 Å². The number of halogens is 3. The molecule has 0 aromatic heterocycles. The van der Waals surface area contributed by atoms with E-state index in [0.717, 1.165) is 26.1 Å². The van der Waals surface area contributed by atoms with Crippen molar-refractivity contribution in [3.8, 4) is 11.5 Å². The predicted molar refractivity (Wildman–Crippen MR) is 121 cm³/mol. The van der Waals surface area contributed by atoms with Gasteiger partial charge >= 0.3 is 12.1 Å². The van der Waals surface area contributed by atoms with E-state index in [9.17, 15) is 18.0 Å². The van der Waals surface area contributed by atoms with E-state index in [1.54, 1.807) is 48.5 Å². The van der Waals surface area contributed by atoms with Gasteiger partial charge in [0.25, 0.3) is 0 Å². The molecule has 2 N–H and O–H groups in total. The number of hydrogen-bond donors (Lipinski definition) is 1. The van der Waals surface area contributed by atoms with Crippen LogP contribution in [0.2, 0.25) is 0 Å². The van der Waals surface area contributed by atoms with Gasteiger partial charge in [0.05, 0.1) is 6.61 Å². The van der Waals surface area contributed by atoms with E-state index < -0.39 is 24.5 Å². The number of likely N-dealkylation sites (tertiary alicyclic amines) is 1. The van der Waals surface area contributed by atoms with Gasteiger partial charge in [-0.05, 0) is 62.2 Å². The lowest BCUT2D eigenvalue weighted by Gasteiger charge is -2.26. The summed E-state index contributed by atoms with van der Waals surface area (Å²) in [6.45, 7) is 3.91. The maximum absolute atomic E-state index is 12.5. The molecule has 2 aromatic rings. The minimum absolute atomic E-state index is 0.160. The van der Waals surface area contributed by atoms with Crippen molar-refractivity contribution in [3.05, 3.63) is 60.2 Å². The van der Waals surface area contributed by atoms with Gasteiger partial charge in [-0.2, -0.15) is 13.2 Å². The van der Waals surface area contributed by atoms with Gasteiger partial charge in [-0.3, -0.25) is 5.73 Å². The van der Waals surface area contributed by atoms with Crippen molar-refractivity contribution in [3.63, 3.8) is 0 Å². The molecule has 0 spiro atoms. The Balaban J connectivity index is 1.57. The number of para-hydroxylation sites is 1. The van der Waals surface area contributed by atoms with Gasteiger partial charge in [0.15, 0.2) is 6.23 Å². The Morgan fingerprint density at radius 3 is 2.29 bits per heavy atom. The van der Waals surface area contributed by atoms with Crippen molar-refractivity contribution in [1.29, 1.82) is 0 Å².